The average molecular weight is 484 g/mol. The highest BCUT2D eigenvalue weighted by atomic mass is 35.5. The number of anilines is 1. The van der Waals surface area contributed by atoms with Gasteiger partial charge in [-0.25, -0.2) is 0 Å². The van der Waals surface area contributed by atoms with Gasteiger partial charge in [-0.15, -0.1) is 10.2 Å². The molecule has 0 saturated carbocycles. The van der Waals surface area contributed by atoms with E-state index in [1.54, 1.807) is 24.5 Å². The minimum atomic E-state index is -0.428. The normalized spacial score (nSPS) is 11.9. The van der Waals surface area contributed by atoms with Crippen LogP contribution in [0.3, 0.4) is 0 Å². The SMILES string of the molecule is Cc1cccc(NC(=O)C(C)Sc2nnc(-c3cccnc3)n2-c2ccc(Cl)c(Cl)c2)c1. The van der Waals surface area contributed by atoms with E-state index in [9.17, 15) is 4.79 Å². The van der Waals surface area contributed by atoms with Gasteiger partial charge in [0.25, 0.3) is 0 Å². The Morgan fingerprint density at radius 1 is 1.06 bits per heavy atom. The number of thioether (sulfide) groups is 1. The Morgan fingerprint density at radius 2 is 1.91 bits per heavy atom. The minimum absolute atomic E-state index is 0.132. The predicted molar refractivity (Wildman–Crippen MR) is 130 cm³/mol. The van der Waals surface area contributed by atoms with E-state index in [1.165, 1.54) is 11.8 Å². The number of pyridine rings is 1. The number of hydrogen-bond acceptors (Lipinski definition) is 5. The van der Waals surface area contributed by atoms with Crippen LogP contribution in [0.5, 0.6) is 0 Å². The van der Waals surface area contributed by atoms with Crippen LogP contribution in [-0.2, 0) is 4.79 Å². The second kappa shape index (κ2) is 9.73. The van der Waals surface area contributed by atoms with E-state index in [0.29, 0.717) is 21.0 Å². The molecule has 2 aromatic carbocycles. The maximum absolute atomic E-state index is 12.8. The Balaban J connectivity index is 1.67. The van der Waals surface area contributed by atoms with Crippen LogP contribution in [0, 0.1) is 6.92 Å². The highest BCUT2D eigenvalue weighted by Crippen LogP contribution is 2.32. The maximum atomic E-state index is 12.8. The Labute approximate surface area is 200 Å². The largest absolute Gasteiger partial charge is 0.325 e. The fourth-order valence-corrected chi connectivity index (χ4v) is 4.22. The molecule has 0 aliphatic heterocycles. The first kappa shape index (κ1) is 22.3. The molecule has 4 rings (SSSR count). The Hall–Kier alpha value is -2.87. The number of nitrogens with one attached hydrogen (secondary N) is 1. The summed E-state index contributed by atoms with van der Waals surface area (Å²) in [6, 6.07) is 16.7. The molecule has 32 heavy (non-hydrogen) atoms. The molecule has 1 N–H and O–H groups in total. The molecule has 0 saturated heterocycles. The van der Waals surface area contributed by atoms with Crippen LogP contribution in [0.1, 0.15) is 12.5 Å². The average Bonchev–Trinajstić information content (AvgIpc) is 3.19. The molecule has 0 aliphatic carbocycles. The number of benzene rings is 2. The van der Waals surface area contributed by atoms with Crippen LogP contribution in [0.4, 0.5) is 5.69 Å². The number of amides is 1. The van der Waals surface area contributed by atoms with Crippen LogP contribution in [-0.4, -0.2) is 30.9 Å². The summed E-state index contributed by atoms with van der Waals surface area (Å²) >= 11 is 13.7. The van der Waals surface area contributed by atoms with E-state index < -0.39 is 5.25 Å². The van der Waals surface area contributed by atoms with Gasteiger partial charge in [0, 0.05) is 23.6 Å². The molecule has 0 radical (unpaired) electrons. The van der Waals surface area contributed by atoms with E-state index in [0.717, 1.165) is 22.5 Å². The summed E-state index contributed by atoms with van der Waals surface area (Å²) in [6.07, 6.45) is 3.40. The number of halogens is 2. The molecule has 1 atom stereocenters. The zero-order chi connectivity index (χ0) is 22.7. The minimum Gasteiger partial charge on any atom is -0.325 e. The number of carbonyl (C=O) groups is 1. The third-order valence-corrected chi connectivity index (χ3v) is 6.43. The molecule has 0 aliphatic rings. The summed E-state index contributed by atoms with van der Waals surface area (Å²) in [5.74, 6) is 0.456. The molecule has 1 unspecified atom stereocenters. The van der Waals surface area contributed by atoms with E-state index in [-0.39, 0.29) is 5.91 Å². The third-order valence-electron chi connectivity index (χ3n) is 4.65. The van der Waals surface area contributed by atoms with Gasteiger partial charge in [0.2, 0.25) is 5.91 Å². The van der Waals surface area contributed by atoms with Crippen molar-refractivity contribution in [2.45, 2.75) is 24.3 Å². The van der Waals surface area contributed by atoms with E-state index in [1.807, 2.05) is 60.9 Å². The van der Waals surface area contributed by atoms with Crippen LogP contribution in [0.25, 0.3) is 17.1 Å². The quantitative estimate of drug-likeness (QED) is 0.337. The summed E-state index contributed by atoms with van der Waals surface area (Å²) < 4.78 is 1.85. The van der Waals surface area contributed by atoms with Gasteiger partial charge in [0.1, 0.15) is 0 Å². The van der Waals surface area contributed by atoms with Gasteiger partial charge in [-0.2, -0.15) is 0 Å². The van der Waals surface area contributed by atoms with Crippen molar-refractivity contribution < 1.29 is 4.79 Å². The second-order valence-electron chi connectivity index (χ2n) is 7.10. The maximum Gasteiger partial charge on any atom is 0.237 e. The second-order valence-corrected chi connectivity index (χ2v) is 9.22. The van der Waals surface area contributed by atoms with Gasteiger partial charge in [-0.05, 0) is 61.9 Å². The fourth-order valence-electron chi connectivity index (χ4n) is 3.06. The third kappa shape index (κ3) is 4.96. The van der Waals surface area contributed by atoms with E-state index in [2.05, 4.69) is 20.5 Å². The van der Waals surface area contributed by atoms with Gasteiger partial charge in [0.15, 0.2) is 11.0 Å². The molecule has 2 heterocycles. The van der Waals surface area contributed by atoms with E-state index in [4.69, 9.17) is 23.2 Å². The number of carbonyl (C=O) groups excluding carboxylic acids is 1. The first-order chi connectivity index (χ1) is 15.4. The molecule has 6 nitrogen and oxygen atoms in total. The van der Waals surface area contributed by atoms with Crippen LogP contribution in [0.15, 0.2) is 72.1 Å². The molecule has 4 aromatic rings. The lowest BCUT2D eigenvalue weighted by Gasteiger charge is -2.14. The molecule has 1 amide bonds. The Kier molecular flexibility index (Phi) is 6.79. The first-order valence-corrected chi connectivity index (χ1v) is 11.4. The van der Waals surface area contributed by atoms with Crippen LogP contribution >= 0.6 is 35.0 Å². The lowest BCUT2D eigenvalue weighted by atomic mass is 10.2. The summed E-state index contributed by atoms with van der Waals surface area (Å²) in [5.41, 5.74) is 3.35. The highest BCUT2D eigenvalue weighted by molar-refractivity contribution is 8.00. The molecule has 2 aromatic heterocycles. The molecule has 162 valence electrons. The van der Waals surface area contributed by atoms with Crippen molar-refractivity contribution in [1.29, 1.82) is 0 Å². The summed E-state index contributed by atoms with van der Waals surface area (Å²) in [5, 5.41) is 12.7. The highest BCUT2D eigenvalue weighted by Gasteiger charge is 2.22. The first-order valence-electron chi connectivity index (χ1n) is 9.78. The molecule has 0 spiro atoms. The molecular formula is C23H19Cl2N5OS. The van der Waals surface area contributed by atoms with Crippen molar-refractivity contribution in [3.8, 4) is 17.1 Å². The van der Waals surface area contributed by atoms with Crippen molar-refractivity contribution in [3.05, 3.63) is 82.6 Å². The van der Waals surface area contributed by atoms with Crippen molar-refractivity contribution in [2.24, 2.45) is 0 Å². The number of aryl methyl sites for hydroxylation is 1. The molecule has 0 fully saturated rings. The fraction of sp³-hybridized carbons (Fsp3) is 0.130. The van der Waals surface area contributed by atoms with Gasteiger partial charge in [-0.1, -0.05) is 47.1 Å². The predicted octanol–water partition coefficient (Wildman–Crippen LogP) is 6.06. The molecule has 9 heteroatoms. The number of aromatic nitrogens is 4. The van der Waals surface area contributed by atoms with Gasteiger partial charge < -0.3 is 5.32 Å². The summed E-state index contributed by atoms with van der Waals surface area (Å²) in [4.78, 5) is 17.0. The molecular weight excluding hydrogens is 465 g/mol. The summed E-state index contributed by atoms with van der Waals surface area (Å²) in [6.45, 7) is 3.81. The van der Waals surface area contributed by atoms with Crippen molar-refractivity contribution >= 4 is 46.6 Å². The standard InChI is InChI=1S/C23H19Cl2N5OS/c1-14-5-3-7-17(11-14)27-22(31)15(2)32-23-29-28-21(16-6-4-10-26-13-16)30(23)18-8-9-19(24)20(25)12-18/h3-13,15H,1-2H3,(H,27,31). The lowest BCUT2D eigenvalue weighted by Crippen LogP contribution is -2.23. The zero-order valence-corrected chi connectivity index (χ0v) is 19.6. The van der Waals surface area contributed by atoms with E-state index >= 15 is 0 Å². The van der Waals surface area contributed by atoms with Crippen molar-refractivity contribution in [1.82, 2.24) is 19.7 Å². The smallest absolute Gasteiger partial charge is 0.237 e. The van der Waals surface area contributed by atoms with Gasteiger partial charge >= 0.3 is 0 Å². The van der Waals surface area contributed by atoms with Gasteiger partial charge in [-0.3, -0.25) is 14.3 Å². The van der Waals surface area contributed by atoms with Crippen LogP contribution in [0.2, 0.25) is 10.0 Å². The molecule has 0 bridgehead atoms. The van der Waals surface area contributed by atoms with Gasteiger partial charge in [0.05, 0.1) is 21.0 Å². The monoisotopic (exact) mass is 483 g/mol. The lowest BCUT2D eigenvalue weighted by molar-refractivity contribution is -0.115. The zero-order valence-electron chi connectivity index (χ0n) is 17.3. The summed E-state index contributed by atoms with van der Waals surface area (Å²) in [7, 11) is 0. The van der Waals surface area contributed by atoms with Crippen molar-refractivity contribution in [3.63, 3.8) is 0 Å². The van der Waals surface area contributed by atoms with Crippen LogP contribution < -0.4 is 5.32 Å². The van der Waals surface area contributed by atoms with Crippen molar-refractivity contribution in [2.75, 3.05) is 5.32 Å². The Morgan fingerprint density at radius 3 is 2.62 bits per heavy atom. The number of rotatable bonds is 6. The number of hydrogen-bond donors (Lipinski definition) is 1. The Bertz CT molecular complexity index is 1260. The number of nitrogens with zero attached hydrogens (tertiary/aromatic N) is 4. The topological polar surface area (TPSA) is 72.7 Å².